The first-order chi connectivity index (χ1) is 22.5. The summed E-state index contributed by atoms with van der Waals surface area (Å²) in [5.74, 6) is 0. The van der Waals surface area contributed by atoms with Crippen LogP contribution in [0.4, 0.5) is 11.4 Å². The van der Waals surface area contributed by atoms with Gasteiger partial charge in [-0.1, -0.05) is 206 Å². The molecule has 0 fully saturated rings. The van der Waals surface area contributed by atoms with Crippen molar-refractivity contribution in [3.8, 4) is 0 Å². The second-order valence-corrected chi connectivity index (χ2v) is 15.1. The molecule has 2 heteroatoms. The molecule has 1 aromatic rings. The van der Waals surface area contributed by atoms with Gasteiger partial charge in [0, 0.05) is 11.4 Å². The lowest BCUT2D eigenvalue weighted by atomic mass is 9.88. The molecule has 0 radical (unpaired) electrons. The normalized spacial score (nSPS) is 11.6. The molecule has 4 N–H and O–H groups in total. The lowest BCUT2D eigenvalue weighted by Crippen LogP contribution is -2.10. The van der Waals surface area contributed by atoms with Crippen molar-refractivity contribution in [2.75, 3.05) is 11.5 Å². The number of rotatable bonds is 34. The molecule has 0 saturated heterocycles. The van der Waals surface area contributed by atoms with Gasteiger partial charge in [0.05, 0.1) is 0 Å². The largest absolute Gasteiger partial charge is 0.398 e. The van der Waals surface area contributed by atoms with Crippen molar-refractivity contribution in [3.63, 3.8) is 0 Å². The van der Waals surface area contributed by atoms with Gasteiger partial charge in [-0.05, 0) is 61.8 Å². The van der Waals surface area contributed by atoms with Crippen molar-refractivity contribution in [1.82, 2.24) is 0 Å². The van der Waals surface area contributed by atoms with Gasteiger partial charge in [0.15, 0.2) is 0 Å². The Kier molecular flexibility index (Phi) is 29.0. The maximum Gasteiger partial charge on any atom is 0.0383 e. The lowest BCUT2D eigenvalue weighted by Gasteiger charge is -2.20. The molecular weight excluding hydrogens is 556 g/mol. The summed E-state index contributed by atoms with van der Waals surface area (Å²) >= 11 is 0. The molecule has 0 aromatic heterocycles. The summed E-state index contributed by atoms with van der Waals surface area (Å²) in [6, 6.07) is 0. The predicted molar refractivity (Wildman–Crippen MR) is 211 cm³/mol. The zero-order valence-corrected chi connectivity index (χ0v) is 32.2. The van der Waals surface area contributed by atoms with Gasteiger partial charge in [0.2, 0.25) is 0 Å². The van der Waals surface area contributed by atoms with E-state index in [9.17, 15) is 0 Å². The van der Waals surface area contributed by atoms with Crippen LogP contribution >= 0.6 is 0 Å². The predicted octanol–water partition coefficient (Wildman–Crippen LogP) is 15.1. The van der Waals surface area contributed by atoms with Gasteiger partial charge in [-0.15, -0.1) is 0 Å². The topological polar surface area (TPSA) is 52.0 Å². The average molecular weight is 641 g/mol. The third kappa shape index (κ3) is 21.6. The Bertz CT molecular complexity index is 746. The minimum absolute atomic E-state index is 1.03. The maximum absolute atomic E-state index is 6.73. The van der Waals surface area contributed by atoms with Gasteiger partial charge in [-0.2, -0.15) is 0 Å². The van der Waals surface area contributed by atoms with Crippen LogP contribution in [-0.2, 0) is 12.8 Å². The highest BCUT2D eigenvalue weighted by molar-refractivity contribution is 5.70. The van der Waals surface area contributed by atoms with Gasteiger partial charge in [-0.3, -0.25) is 0 Å². The van der Waals surface area contributed by atoms with Gasteiger partial charge < -0.3 is 11.5 Å². The quantitative estimate of drug-likeness (QED) is 0.0581. The standard InChI is InChI=1S/C44H84N2/c1-5-7-9-11-13-15-17-19-21-23-25-27-29-31-33-35-37-41-42(44(46)40(4)39(3)43(41)45)38-36-34-32-30-28-26-24-22-20-18-16-14-12-10-8-6-2/h5-38,45-46H2,1-4H3. The smallest absolute Gasteiger partial charge is 0.0383 e. The van der Waals surface area contributed by atoms with E-state index in [1.807, 2.05) is 0 Å². The van der Waals surface area contributed by atoms with Gasteiger partial charge in [0.25, 0.3) is 0 Å². The van der Waals surface area contributed by atoms with Crippen LogP contribution in [0, 0.1) is 13.8 Å². The second kappa shape index (κ2) is 31.1. The fourth-order valence-corrected chi connectivity index (χ4v) is 7.45. The Morgan fingerprint density at radius 2 is 0.457 bits per heavy atom. The number of benzene rings is 1. The van der Waals surface area contributed by atoms with E-state index in [0.717, 1.165) is 24.2 Å². The minimum atomic E-state index is 1.03. The number of nitrogens with two attached hydrogens (primary N) is 2. The van der Waals surface area contributed by atoms with E-state index in [1.165, 1.54) is 228 Å². The summed E-state index contributed by atoms with van der Waals surface area (Å²) < 4.78 is 0. The molecule has 0 aliphatic rings. The summed E-state index contributed by atoms with van der Waals surface area (Å²) in [4.78, 5) is 0. The molecule has 0 bridgehead atoms. The van der Waals surface area contributed by atoms with Crippen molar-refractivity contribution in [2.45, 2.75) is 246 Å². The summed E-state index contributed by atoms with van der Waals surface area (Å²) in [7, 11) is 0. The van der Waals surface area contributed by atoms with E-state index in [1.54, 1.807) is 0 Å². The minimum Gasteiger partial charge on any atom is -0.398 e. The average Bonchev–Trinajstić information content (AvgIpc) is 3.06. The van der Waals surface area contributed by atoms with Gasteiger partial charge in [0.1, 0.15) is 0 Å². The molecule has 0 saturated carbocycles. The van der Waals surface area contributed by atoms with Crippen molar-refractivity contribution < 1.29 is 0 Å². The van der Waals surface area contributed by atoms with Crippen LogP contribution in [0.1, 0.15) is 242 Å². The van der Waals surface area contributed by atoms with E-state index in [0.29, 0.717) is 0 Å². The molecule has 0 spiro atoms. The first-order valence-corrected chi connectivity index (χ1v) is 21.2. The van der Waals surface area contributed by atoms with Gasteiger partial charge in [-0.25, -0.2) is 0 Å². The SMILES string of the molecule is CCCCCCCCCCCCCCCCCCc1c(N)c(C)c(C)c(N)c1CCCCCCCCCCCCCCCCCC. The first-order valence-electron chi connectivity index (χ1n) is 21.2. The fourth-order valence-electron chi connectivity index (χ4n) is 7.45. The molecule has 0 aliphatic heterocycles. The van der Waals surface area contributed by atoms with E-state index in [4.69, 9.17) is 11.5 Å². The van der Waals surface area contributed by atoms with Crippen molar-refractivity contribution >= 4 is 11.4 Å². The van der Waals surface area contributed by atoms with Crippen LogP contribution in [0.2, 0.25) is 0 Å². The van der Waals surface area contributed by atoms with E-state index in [2.05, 4.69) is 27.7 Å². The molecule has 0 aliphatic carbocycles. The van der Waals surface area contributed by atoms with Crippen LogP contribution in [0.15, 0.2) is 0 Å². The number of hydrogen-bond donors (Lipinski definition) is 2. The van der Waals surface area contributed by atoms with E-state index >= 15 is 0 Å². The molecule has 46 heavy (non-hydrogen) atoms. The van der Waals surface area contributed by atoms with Crippen LogP contribution in [0.25, 0.3) is 0 Å². The summed E-state index contributed by atoms with van der Waals surface area (Å²) in [5, 5.41) is 0. The third-order valence-electron chi connectivity index (χ3n) is 10.9. The number of nitrogen functional groups attached to an aromatic ring is 2. The summed E-state index contributed by atoms with van der Waals surface area (Å²) in [6.07, 6.45) is 47.4. The molecular formula is C44H84N2. The summed E-state index contributed by atoms with van der Waals surface area (Å²) in [6.45, 7) is 8.93. The Balaban J connectivity index is 2.15. The van der Waals surface area contributed by atoms with Crippen LogP contribution < -0.4 is 11.5 Å². The van der Waals surface area contributed by atoms with Crippen LogP contribution in [-0.4, -0.2) is 0 Å². The monoisotopic (exact) mass is 641 g/mol. The maximum atomic E-state index is 6.73. The van der Waals surface area contributed by atoms with Crippen LogP contribution in [0.3, 0.4) is 0 Å². The molecule has 0 amide bonds. The Morgan fingerprint density at radius 3 is 0.652 bits per heavy atom. The second-order valence-electron chi connectivity index (χ2n) is 15.1. The molecule has 0 atom stereocenters. The third-order valence-corrected chi connectivity index (χ3v) is 10.9. The zero-order chi connectivity index (χ0) is 33.5. The lowest BCUT2D eigenvalue weighted by molar-refractivity contribution is 0.528. The highest BCUT2D eigenvalue weighted by Crippen LogP contribution is 2.34. The zero-order valence-electron chi connectivity index (χ0n) is 32.2. The van der Waals surface area contributed by atoms with E-state index in [-0.39, 0.29) is 0 Å². The Hall–Kier alpha value is -1.18. The van der Waals surface area contributed by atoms with Crippen LogP contribution in [0.5, 0.6) is 0 Å². The van der Waals surface area contributed by atoms with Crippen molar-refractivity contribution in [2.24, 2.45) is 0 Å². The number of anilines is 2. The Morgan fingerprint density at radius 1 is 0.283 bits per heavy atom. The highest BCUT2D eigenvalue weighted by atomic mass is 14.6. The van der Waals surface area contributed by atoms with Gasteiger partial charge >= 0.3 is 0 Å². The Labute approximate surface area is 290 Å². The van der Waals surface area contributed by atoms with E-state index < -0.39 is 0 Å². The first kappa shape index (κ1) is 42.8. The molecule has 270 valence electrons. The molecule has 1 rings (SSSR count). The molecule has 0 heterocycles. The number of hydrogen-bond acceptors (Lipinski definition) is 2. The number of unbranched alkanes of at least 4 members (excludes halogenated alkanes) is 30. The molecule has 2 nitrogen and oxygen atoms in total. The summed E-state index contributed by atoms with van der Waals surface area (Å²) in [5.41, 5.74) is 20.7. The fraction of sp³-hybridized carbons (Fsp3) is 0.864. The molecule has 0 unspecified atom stereocenters. The highest BCUT2D eigenvalue weighted by Gasteiger charge is 2.16. The molecule has 1 aromatic carbocycles. The van der Waals surface area contributed by atoms with Crippen molar-refractivity contribution in [1.29, 1.82) is 0 Å². The van der Waals surface area contributed by atoms with Crippen molar-refractivity contribution in [3.05, 3.63) is 22.3 Å².